The Morgan fingerprint density at radius 2 is 1.51 bits per heavy atom. The third-order valence-corrected chi connectivity index (χ3v) is 7.78. The minimum atomic E-state index is -0.496. The van der Waals surface area contributed by atoms with Gasteiger partial charge in [-0.2, -0.15) is 0 Å². The number of fused-ring (bicyclic) bond motifs is 1. The van der Waals surface area contributed by atoms with E-state index in [1.165, 1.54) is 11.1 Å². The van der Waals surface area contributed by atoms with Gasteiger partial charge in [0.2, 0.25) is 0 Å². The SMILES string of the molecule is Cc1cc2cc([C@H](c3nnnn3C(C)(C)C)N(Cc3ccccc3)Cc3ccc(C(C)C)cc3)c(=O)[nH]c2cc1C. The molecule has 0 bridgehead atoms. The minimum absolute atomic E-state index is 0.137. The van der Waals surface area contributed by atoms with E-state index in [1.54, 1.807) is 0 Å². The summed E-state index contributed by atoms with van der Waals surface area (Å²) in [5, 5.41) is 14.1. The topological polar surface area (TPSA) is 79.7 Å². The number of nitrogens with one attached hydrogen (secondary N) is 1. The molecule has 0 aliphatic heterocycles. The fourth-order valence-corrected chi connectivity index (χ4v) is 5.34. The van der Waals surface area contributed by atoms with Crippen LogP contribution in [0.5, 0.6) is 0 Å². The van der Waals surface area contributed by atoms with Crippen LogP contribution >= 0.6 is 0 Å². The molecule has 0 aliphatic carbocycles. The van der Waals surface area contributed by atoms with E-state index < -0.39 is 6.04 Å². The molecule has 0 saturated carbocycles. The molecule has 7 heteroatoms. The number of aromatic nitrogens is 5. The lowest BCUT2D eigenvalue weighted by Crippen LogP contribution is -2.37. The number of rotatable bonds is 8. The van der Waals surface area contributed by atoms with Gasteiger partial charge in [0.1, 0.15) is 6.04 Å². The molecular formula is C34H40N6O. The molecule has 0 spiro atoms. The fourth-order valence-electron chi connectivity index (χ4n) is 5.34. The van der Waals surface area contributed by atoms with Crippen LogP contribution in [0.1, 0.15) is 85.8 Å². The van der Waals surface area contributed by atoms with Crippen molar-refractivity contribution >= 4 is 10.9 Å². The van der Waals surface area contributed by atoms with Gasteiger partial charge in [-0.3, -0.25) is 9.69 Å². The first-order valence-electron chi connectivity index (χ1n) is 14.3. The highest BCUT2D eigenvalue weighted by molar-refractivity contribution is 5.81. The quantitative estimate of drug-likeness (QED) is 0.231. The smallest absolute Gasteiger partial charge is 0.253 e. The minimum Gasteiger partial charge on any atom is -0.322 e. The first kappa shape index (κ1) is 28.4. The average Bonchev–Trinajstić information content (AvgIpc) is 3.41. The molecule has 2 heterocycles. The van der Waals surface area contributed by atoms with Crippen LogP contribution in [0.2, 0.25) is 0 Å². The summed E-state index contributed by atoms with van der Waals surface area (Å²) in [6, 6.07) is 24.8. The Hall–Kier alpha value is -4.10. The van der Waals surface area contributed by atoms with Crippen LogP contribution < -0.4 is 5.56 Å². The average molecular weight is 549 g/mol. The molecule has 7 nitrogen and oxygen atoms in total. The van der Waals surface area contributed by atoms with Gasteiger partial charge in [-0.1, -0.05) is 68.4 Å². The summed E-state index contributed by atoms with van der Waals surface area (Å²) in [5.74, 6) is 1.10. The molecule has 1 atom stereocenters. The van der Waals surface area contributed by atoms with Gasteiger partial charge in [0.15, 0.2) is 5.82 Å². The maximum absolute atomic E-state index is 13.9. The van der Waals surface area contributed by atoms with E-state index in [0.29, 0.717) is 30.4 Å². The molecule has 0 aliphatic rings. The summed E-state index contributed by atoms with van der Waals surface area (Å²) in [7, 11) is 0. The van der Waals surface area contributed by atoms with Crippen LogP contribution in [0.25, 0.3) is 10.9 Å². The lowest BCUT2D eigenvalue weighted by Gasteiger charge is -2.33. The third-order valence-electron chi connectivity index (χ3n) is 7.78. The van der Waals surface area contributed by atoms with Crippen molar-refractivity contribution in [2.75, 3.05) is 0 Å². The van der Waals surface area contributed by atoms with Crippen LogP contribution in [0.15, 0.2) is 77.6 Å². The molecule has 0 saturated heterocycles. The Morgan fingerprint density at radius 1 is 0.878 bits per heavy atom. The van der Waals surface area contributed by atoms with Gasteiger partial charge < -0.3 is 4.98 Å². The van der Waals surface area contributed by atoms with Crippen molar-refractivity contribution in [3.8, 4) is 0 Å². The molecular weight excluding hydrogens is 508 g/mol. The Balaban J connectivity index is 1.72. The van der Waals surface area contributed by atoms with Crippen LogP contribution in [0, 0.1) is 13.8 Å². The number of pyridine rings is 1. The molecule has 5 rings (SSSR count). The van der Waals surface area contributed by atoms with Crippen LogP contribution in [-0.4, -0.2) is 30.1 Å². The molecule has 212 valence electrons. The van der Waals surface area contributed by atoms with Crippen LogP contribution in [0.4, 0.5) is 0 Å². The standard InChI is InChI=1S/C34H40N6O/c1-22(2)27-15-13-26(14-16-27)21-39(20-25-11-9-8-10-12-25)31(32-36-37-38-40(32)34(5,6)7)29-19-28-17-23(3)24(4)18-30(28)35-33(29)41/h8-19,22,31H,20-21H2,1-7H3,(H,35,41)/t31-/m1/s1. The molecule has 2 aromatic heterocycles. The molecule has 3 aromatic carbocycles. The second kappa shape index (κ2) is 11.4. The summed E-state index contributed by atoms with van der Waals surface area (Å²) >= 11 is 0. The van der Waals surface area contributed by atoms with Crippen molar-refractivity contribution < 1.29 is 0 Å². The maximum atomic E-state index is 13.9. The molecule has 0 fully saturated rings. The van der Waals surface area contributed by atoms with Gasteiger partial charge in [-0.05, 0) is 102 Å². The molecule has 0 amide bonds. The van der Waals surface area contributed by atoms with E-state index in [1.807, 2.05) is 35.0 Å². The number of aryl methyl sites for hydroxylation is 2. The van der Waals surface area contributed by atoms with Crippen molar-refractivity contribution in [2.45, 2.75) is 79.1 Å². The van der Waals surface area contributed by atoms with Gasteiger partial charge in [0.05, 0.1) is 5.54 Å². The van der Waals surface area contributed by atoms with Crippen molar-refractivity contribution in [2.24, 2.45) is 0 Å². The Kier molecular flexibility index (Phi) is 7.91. The van der Waals surface area contributed by atoms with Gasteiger partial charge >= 0.3 is 0 Å². The van der Waals surface area contributed by atoms with Crippen LogP contribution in [0.3, 0.4) is 0 Å². The van der Waals surface area contributed by atoms with Crippen molar-refractivity contribution in [3.63, 3.8) is 0 Å². The molecule has 0 radical (unpaired) electrons. The molecule has 5 aromatic rings. The summed E-state index contributed by atoms with van der Waals surface area (Å²) in [5.41, 5.74) is 6.86. The summed E-state index contributed by atoms with van der Waals surface area (Å²) < 4.78 is 1.85. The van der Waals surface area contributed by atoms with Crippen molar-refractivity contribution in [1.29, 1.82) is 0 Å². The Morgan fingerprint density at radius 3 is 2.15 bits per heavy atom. The second-order valence-corrected chi connectivity index (χ2v) is 12.4. The molecule has 41 heavy (non-hydrogen) atoms. The number of benzene rings is 3. The lowest BCUT2D eigenvalue weighted by atomic mass is 9.98. The van der Waals surface area contributed by atoms with E-state index in [2.05, 4.69) is 116 Å². The zero-order valence-electron chi connectivity index (χ0n) is 25.1. The highest BCUT2D eigenvalue weighted by Gasteiger charge is 2.33. The number of H-pyrrole nitrogens is 1. The number of nitrogens with zero attached hydrogens (tertiary/aromatic N) is 5. The number of aromatic amines is 1. The van der Waals surface area contributed by atoms with Crippen LogP contribution in [-0.2, 0) is 18.6 Å². The third kappa shape index (κ3) is 6.15. The molecule has 0 unspecified atom stereocenters. The van der Waals surface area contributed by atoms with Gasteiger partial charge in [0, 0.05) is 24.2 Å². The highest BCUT2D eigenvalue weighted by Crippen LogP contribution is 2.32. The predicted octanol–water partition coefficient (Wildman–Crippen LogP) is 6.80. The van der Waals surface area contributed by atoms with E-state index in [0.717, 1.165) is 27.6 Å². The summed E-state index contributed by atoms with van der Waals surface area (Å²) in [6.07, 6.45) is 0. The first-order valence-corrected chi connectivity index (χ1v) is 14.3. The number of tetrazole rings is 1. The molecule has 1 N–H and O–H groups in total. The van der Waals surface area contributed by atoms with E-state index in [4.69, 9.17) is 0 Å². The van der Waals surface area contributed by atoms with E-state index in [9.17, 15) is 4.79 Å². The number of hydrogen-bond acceptors (Lipinski definition) is 5. The van der Waals surface area contributed by atoms with Gasteiger partial charge in [-0.15, -0.1) is 5.10 Å². The van der Waals surface area contributed by atoms with Crippen molar-refractivity contribution in [3.05, 3.63) is 122 Å². The summed E-state index contributed by atoms with van der Waals surface area (Å²) in [4.78, 5) is 19.4. The first-order chi connectivity index (χ1) is 19.5. The zero-order valence-corrected chi connectivity index (χ0v) is 25.1. The predicted molar refractivity (Wildman–Crippen MR) is 165 cm³/mol. The maximum Gasteiger partial charge on any atom is 0.253 e. The highest BCUT2D eigenvalue weighted by atomic mass is 16.1. The summed E-state index contributed by atoms with van der Waals surface area (Å²) in [6.45, 7) is 16.0. The Labute approximate surface area is 242 Å². The van der Waals surface area contributed by atoms with Gasteiger partial charge in [-0.25, -0.2) is 4.68 Å². The largest absolute Gasteiger partial charge is 0.322 e. The Bertz CT molecular complexity index is 1690. The zero-order chi connectivity index (χ0) is 29.3. The fraction of sp³-hybridized carbons (Fsp3) is 0.353. The van der Waals surface area contributed by atoms with Gasteiger partial charge in [0.25, 0.3) is 5.56 Å². The van der Waals surface area contributed by atoms with Crippen molar-refractivity contribution in [1.82, 2.24) is 30.1 Å². The lowest BCUT2D eigenvalue weighted by molar-refractivity contribution is 0.184. The second-order valence-electron chi connectivity index (χ2n) is 12.4. The van der Waals surface area contributed by atoms with E-state index in [-0.39, 0.29) is 11.1 Å². The normalized spacial score (nSPS) is 12.9. The monoisotopic (exact) mass is 548 g/mol. The van der Waals surface area contributed by atoms with E-state index >= 15 is 0 Å². The number of hydrogen-bond donors (Lipinski definition) is 1.